The summed E-state index contributed by atoms with van der Waals surface area (Å²) in [5, 5.41) is 6.59. The molecule has 2 rings (SSSR count). The fourth-order valence-corrected chi connectivity index (χ4v) is 2.74. The molecule has 1 fully saturated rings. The molecule has 104 valence electrons. The lowest BCUT2D eigenvalue weighted by Crippen LogP contribution is -2.54. The fraction of sp³-hybridized carbons (Fsp3) is 0.562. The van der Waals surface area contributed by atoms with Gasteiger partial charge in [0, 0.05) is 18.2 Å². The molecule has 1 saturated heterocycles. The van der Waals surface area contributed by atoms with Crippen LogP contribution < -0.4 is 10.6 Å². The molecule has 3 heteroatoms. The summed E-state index contributed by atoms with van der Waals surface area (Å²) in [7, 11) is 0. The minimum Gasteiger partial charge on any atom is -0.349 e. The number of nitrogens with one attached hydrogen (secondary N) is 2. The van der Waals surface area contributed by atoms with Gasteiger partial charge in [0.1, 0.15) is 0 Å². The van der Waals surface area contributed by atoms with Gasteiger partial charge in [-0.3, -0.25) is 4.79 Å². The third kappa shape index (κ3) is 3.16. The molecule has 3 nitrogen and oxygen atoms in total. The van der Waals surface area contributed by atoms with Gasteiger partial charge in [0.15, 0.2) is 0 Å². The van der Waals surface area contributed by atoms with E-state index in [1.807, 2.05) is 26.0 Å². The van der Waals surface area contributed by atoms with Gasteiger partial charge in [0.05, 0.1) is 0 Å². The third-order valence-corrected chi connectivity index (χ3v) is 4.07. The van der Waals surface area contributed by atoms with Crippen LogP contribution in [0, 0.1) is 19.3 Å². The van der Waals surface area contributed by atoms with E-state index in [0.29, 0.717) is 0 Å². The Balaban J connectivity index is 2.12. The van der Waals surface area contributed by atoms with Gasteiger partial charge in [0.2, 0.25) is 0 Å². The number of carbonyl (C=O) groups excluding carboxylic acids is 1. The van der Waals surface area contributed by atoms with Crippen LogP contribution in [0.5, 0.6) is 0 Å². The van der Waals surface area contributed by atoms with E-state index in [0.717, 1.165) is 30.6 Å². The second kappa shape index (κ2) is 5.33. The highest BCUT2D eigenvalue weighted by atomic mass is 16.1. The molecule has 0 bridgehead atoms. The molecule has 1 aromatic rings. The summed E-state index contributed by atoms with van der Waals surface area (Å²) in [6.07, 6.45) is 0.990. The van der Waals surface area contributed by atoms with E-state index in [1.54, 1.807) is 0 Å². The standard InChI is InChI=1S/C16H24N2O/c1-11-5-6-13(12(2)9-11)15(19)18-14-7-8-17-10-16(14,3)4/h5-6,9,14,17H,7-8,10H2,1-4H3,(H,18,19). The van der Waals surface area contributed by atoms with Crippen LogP contribution in [0.1, 0.15) is 41.8 Å². The highest BCUT2D eigenvalue weighted by Crippen LogP contribution is 2.25. The summed E-state index contributed by atoms with van der Waals surface area (Å²) in [6.45, 7) is 10.4. The SMILES string of the molecule is Cc1ccc(C(=O)NC2CCNCC2(C)C)c(C)c1. The Morgan fingerprint density at radius 2 is 2.11 bits per heavy atom. The Hall–Kier alpha value is -1.35. The van der Waals surface area contributed by atoms with Gasteiger partial charge in [0.25, 0.3) is 5.91 Å². The van der Waals surface area contributed by atoms with Crippen LogP contribution in [-0.2, 0) is 0 Å². The second-order valence-electron chi connectivity index (χ2n) is 6.30. The van der Waals surface area contributed by atoms with Crippen LogP contribution in [0.3, 0.4) is 0 Å². The topological polar surface area (TPSA) is 41.1 Å². The zero-order valence-electron chi connectivity index (χ0n) is 12.3. The lowest BCUT2D eigenvalue weighted by atomic mass is 9.80. The molecule has 2 N–H and O–H groups in total. The van der Waals surface area contributed by atoms with Crippen molar-refractivity contribution in [3.8, 4) is 0 Å². The van der Waals surface area contributed by atoms with Gasteiger partial charge >= 0.3 is 0 Å². The van der Waals surface area contributed by atoms with Crippen molar-refractivity contribution in [2.75, 3.05) is 13.1 Å². The number of aryl methyl sites for hydroxylation is 2. The maximum Gasteiger partial charge on any atom is 0.251 e. The van der Waals surface area contributed by atoms with Crippen molar-refractivity contribution < 1.29 is 4.79 Å². The van der Waals surface area contributed by atoms with Gasteiger partial charge in [-0.15, -0.1) is 0 Å². The summed E-state index contributed by atoms with van der Waals surface area (Å²) in [5.41, 5.74) is 3.13. The Kier molecular flexibility index (Phi) is 3.95. The summed E-state index contributed by atoms with van der Waals surface area (Å²) in [4.78, 5) is 12.4. The summed E-state index contributed by atoms with van der Waals surface area (Å²) in [5.74, 6) is 0.0532. The largest absolute Gasteiger partial charge is 0.349 e. The van der Waals surface area contributed by atoms with Crippen LogP contribution >= 0.6 is 0 Å². The average Bonchev–Trinajstić information content (AvgIpc) is 2.31. The first kappa shape index (κ1) is 14.1. The Morgan fingerprint density at radius 3 is 2.74 bits per heavy atom. The Bertz CT molecular complexity index is 480. The molecule has 0 saturated carbocycles. The van der Waals surface area contributed by atoms with E-state index in [4.69, 9.17) is 0 Å². The number of amides is 1. The molecule has 1 atom stereocenters. The van der Waals surface area contributed by atoms with E-state index in [2.05, 4.69) is 30.5 Å². The maximum atomic E-state index is 12.4. The second-order valence-corrected chi connectivity index (χ2v) is 6.30. The fourth-order valence-electron chi connectivity index (χ4n) is 2.74. The first-order valence-corrected chi connectivity index (χ1v) is 6.99. The number of piperidine rings is 1. The Morgan fingerprint density at radius 1 is 1.37 bits per heavy atom. The van der Waals surface area contributed by atoms with Crippen molar-refractivity contribution in [1.82, 2.24) is 10.6 Å². The van der Waals surface area contributed by atoms with E-state index >= 15 is 0 Å². The predicted molar refractivity (Wildman–Crippen MR) is 78.4 cm³/mol. The first-order chi connectivity index (χ1) is 8.90. The molecule has 1 aliphatic heterocycles. The molecule has 0 aliphatic carbocycles. The van der Waals surface area contributed by atoms with Gasteiger partial charge < -0.3 is 10.6 Å². The smallest absolute Gasteiger partial charge is 0.251 e. The number of benzene rings is 1. The van der Waals surface area contributed by atoms with Crippen molar-refractivity contribution in [3.05, 3.63) is 34.9 Å². The Labute approximate surface area is 115 Å². The summed E-state index contributed by atoms with van der Waals surface area (Å²) in [6, 6.07) is 6.22. The van der Waals surface area contributed by atoms with E-state index in [-0.39, 0.29) is 17.4 Å². The number of hydrogen-bond acceptors (Lipinski definition) is 2. The molecule has 1 heterocycles. The van der Waals surface area contributed by atoms with Crippen molar-refractivity contribution in [2.24, 2.45) is 5.41 Å². The third-order valence-electron chi connectivity index (χ3n) is 4.07. The van der Waals surface area contributed by atoms with Crippen molar-refractivity contribution >= 4 is 5.91 Å². The quantitative estimate of drug-likeness (QED) is 0.857. The number of hydrogen-bond donors (Lipinski definition) is 2. The van der Waals surface area contributed by atoms with Crippen LogP contribution in [-0.4, -0.2) is 25.0 Å². The number of carbonyl (C=O) groups is 1. The zero-order chi connectivity index (χ0) is 14.0. The molecule has 1 unspecified atom stereocenters. The van der Waals surface area contributed by atoms with E-state index < -0.39 is 0 Å². The van der Waals surface area contributed by atoms with Crippen molar-refractivity contribution in [3.63, 3.8) is 0 Å². The molecule has 1 amide bonds. The molecule has 0 aromatic heterocycles. The summed E-state index contributed by atoms with van der Waals surface area (Å²) >= 11 is 0. The molecular weight excluding hydrogens is 236 g/mol. The van der Waals surface area contributed by atoms with Gasteiger partial charge in [-0.1, -0.05) is 31.5 Å². The summed E-state index contributed by atoms with van der Waals surface area (Å²) < 4.78 is 0. The minimum atomic E-state index is 0.0532. The minimum absolute atomic E-state index is 0.0532. The molecule has 1 aliphatic rings. The van der Waals surface area contributed by atoms with Gasteiger partial charge in [-0.2, -0.15) is 0 Å². The highest BCUT2D eigenvalue weighted by molar-refractivity contribution is 5.95. The molecule has 1 aromatic carbocycles. The predicted octanol–water partition coefficient (Wildman–Crippen LogP) is 2.42. The lowest BCUT2D eigenvalue weighted by molar-refractivity contribution is 0.0868. The molecule has 0 spiro atoms. The van der Waals surface area contributed by atoms with Crippen LogP contribution in [0.15, 0.2) is 18.2 Å². The monoisotopic (exact) mass is 260 g/mol. The molecular formula is C16H24N2O. The maximum absolute atomic E-state index is 12.4. The van der Waals surface area contributed by atoms with Gasteiger partial charge in [-0.25, -0.2) is 0 Å². The normalized spacial score (nSPS) is 22.0. The first-order valence-electron chi connectivity index (χ1n) is 6.99. The number of rotatable bonds is 2. The average molecular weight is 260 g/mol. The lowest BCUT2D eigenvalue weighted by Gasteiger charge is -2.39. The van der Waals surface area contributed by atoms with Crippen molar-refractivity contribution in [1.29, 1.82) is 0 Å². The highest BCUT2D eigenvalue weighted by Gasteiger charge is 2.33. The van der Waals surface area contributed by atoms with Crippen LogP contribution in [0.25, 0.3) is 0 Å². The zero-order valence-corrected chi connectivity index (χ0v) is 12.3. The van der Waals surface area contributed by atoms with E-state index in [1.165, 1.54) is 5.56 Å². The van der Waals surface area contributed by atoms with E-state index in [9.17, 15) is 4.79 Å². The molecule has 0 radical (unpaired) electrons. The molecule has 19 heavy (non-hydrogen) atoms. The van der Waals surface area contributed by atoms with Crippen molar-refractivity contribution in [2.45, 2.75) is 40.2 Å². The van der Waals surface area contributed by atoms with Gasteiger partial charge in [-0.05, 0) is 43.9 Å². The van der Waals surface area contributed by atoms with Crippen LogP contribution in [0.2, 0.25) is 0 Å². The van der Waals surface area contributed by atoms with Crippen LogP contribution in [0.4, 0.5) is 0 Å².